The van der Waals surface area contributed by atoms with Crippen molar-refractivity contribution in [3.05, 3.63) is 316 Å². The Bertz CT molecular complexity index is 6580. The van der Waals surface area contributed by atoms with E-state index in [1.54, 1.807) is 129 Å². The van der Waals surface area contributed by atoms with Crippen molar-refractivity contribution in [2.45, 2.75) is 279 Å². The van der Waals surface area contributed by atoms with Crippen molar-refractivity contribution in [2.24, 2.45) is 0 Å². The Morgan fingerprint density at radius 2 is 0.403 bits per heavy atom. The summed E-state index contributed by atoms with van der Waals surface area (Å²) in [5.41, 5.74) is 30.4. The highest BCUT2D eigenvalue weighted by atomic mass is 32.2. The predicted octanol–water partition coefficient (Wildman–Crippen LogP) is 20.3. The monoisotopic (exact) mass is 2020 g/mol. The molecule has 26 nitrogen and oxygen atoms in total. The molecular formula is C114H126N10O16S4. The van der Waals surface area contributed by atoms with E-state index in [0.717, 1.165) is 244 Å². The third kappa shape index (κ3) is 21.9. The van der Waals surface area contributed by atoms with E-state index in [9.17, 15) is 73.3 Å². The van der Waals surface area contributed by atoms with Crippen LogP contribution in [0.25, 0.3) is 44.5 Å². The third-order valence-electron chi connectivity index (χ3n) is 29.6. The molecule has 0 saturated heterocycles. The van der Waals surface area contributed by atoms with Crippen LogP contribution in [0.2, 0.25) is 0 Å². The van der Waals surface area contributed by atoms with Crippen molar-refractivity contribution >= 4 is 87.0 Å². The van der Waals surface area contributed by atoms with E-state index >= 15 is 0 Å². The summed E-state index contributed by atoms with van der Waals surface area (Å²) < 4.78 is 116. The van der Waals surface area contributed by atoms with Crippen LogP contribution in [0, 0.1) is 27.7 Å². The quantitative estimate of drug-likeness (QED) is 0.0337. The molecule has 0 radical (unpaired) electrons. The number of urea groups is 4. The van der Waals surface area contributed by atoms with E-state index in [4.69, 9.17) is 0 Å². The first-order valence-electron chi connectivity index (χ1n) is 49.6. The first-order valence-corrected chi connectivity index (χ1v) is 55.5. The molecule has 0 spiro atoms. The number of nitrogens with zero attached hydrogens (tertiary/aromatic N) is 2. The molecule has 8 aliphatic carbocycles. The highest BCUT2D eigenvalue weighted by Crippen LogP contribution is 2.48. The predicted molar refractivity (Wildman–Crippen MR) is 562 cm³/mol. The summed E-state index contributed by atoms with van der Waals surface area (Å²) in [6.45, 7) is 21.4. The van der Waals surface area contributed by atoms with Crippen LogP contribution in [0.1, 0.15) is 240 Å². The second kappa shape index (κ2) is 40.7. The number of aliphatic hydroxyl groups is 4. The Balaban J connectivity index is 0.000000132. The van der Waals surface area contributed by atoms with Gasteiger partial charge in [0.2, 0.25) is 0 Å². The van der Waals surface area contributed by atoms with Crippen LogP contribution in [0.4, 0.5) is 41.9 Å². The zero-order chi connectivity index (χ0) is 103. The van der Waals surface area contributed by atoms with Crippen LogP contribution in [-0.4, -0.2) is 88.2 Å². The van der Waals surface area contributed by atoms with Gasteiger partial charge in [0.1, 0.15) is 0 Å². The summed E-state index contributed by atoms with van der Waals surface area (Å²) in [7, 11) is -16.8. The molecule has 0 unspecified atom stereocenters. The van der Waals surface area contributed by atoms with Gasteiger partial charge >= 0.3 is 24.1 Å². The van der Waals surface area contributed by atoms with Crippen molar-refractivity contribution in [1.82, 2.24) is 28.9 Å². The Kier molecular flexibility index (Phi) is 29.0. The SMILES string of the molecule is Cc1c2c(c(NC(=O)NS(=O)(=O)c3cc(-c4ccccc4)cc(C(C)(C)O)c3)c3c1CCC3)CCC2.Cc1c2c(c(NC(=O)NS(=O)(=O)c3cc(-c4ccccc4)cc(C(C)(C)O)c3)c3c1CCC3)CCC2.Cc1c2c(c(NC(=O)NS(=O)(=O)c3cc(-c4ccncc4)cc(C(C)(C)O)c3)c3c1CCC3)CCC2.Cc1c2c(c(NC(=O)NS(=O)(=O)c3cc(-c4ccncc4)cc(C(C)(C)O)c3)c3c1CCC3)CCC2. The molecule has 30 heteroatoms. The van der Waals surface area contributed by atoms with Crippen LogP contribution in [0.5, 0.6) is 0 Å². The number of anilines is 4. The first-order chi connectivity index (χ1) is 68.2. The van der Waals surface area contributed by atoms with E-state index in [1.807, 2.05) is 60.7 Å². The number of nitrogens with one attached hydrogen (secondary N) is 8. The van der Waals surface area contributed by atoms with Gasteiger partial charge in [-0.05, 0) is 512 Å². The van der Waals surface area contributed by atoms with E-state index < -0.39 is 86.6 Å². The second-order valence-electron chi connectivity index (χ2n) is 41.1. The molecule has 12 N–H and O–H groups in total. The van der Waals surface area contributed by atoms with Crippen LogP contribution >= 0.6 is 0 Å². The highest BCUT2D eigenvalue weighted by molar-refractivity contribution is 7.91. The van der Waals surface area contributed by atoms with Gasteiger partial charge in [0.15, 0.2) is 0 Å². The maximum atomic E-state index is 13.4. The minimum atomic E-state index is -4.22. The Hall–Kier alpha value is -12.8. The molecule has 2 heterocycles. The molecule has 20 rings (SSSR count). The minimum Gasteiger partial charge on any atom is -0.386 e. The number of carbonyl (C=O) groups excluding carboxylic acids is 4. The van der Waals surface area contributed by atoms with E-state index in [1.165, 1.54) is 115 Å². The largest absolute Gasteiger partial charge is 0.386 e. The molecule has 8 amide bonds. The molecule has 12 aromatic rings. The number of sulfonamides is 4. The number of fused-ring (bicyclic) bond motifs is 8. The van der Waals surface area contributed by atoms with Crippen LogP contribution in [0.15, 0.2) is 202 Å². The van der Waals surface area contributed by atoms with Gasteiger partial charge in [-0.3, -0.25) is 9.97 Å². The molecule has 10 aromatic carbocycles. The average Bonchev–Trinajstić information content (AvgIpc) is 1.61. The topological polar surface area (TPSA) is 408 Å². The number of carbonyl (C=O) groups is 4. The van der Waals surface area contributed by atoms with Gasteiger partial charge in [-0.1, -0.05) is 60.7 Å². The Morgan fingerprint density at radius 3 is 0.576 bits per heavy atom. The summed E-state index contributed by atoms with van der Waals surface area (Å²) in [5.74, 6) is 0. The minimum absolute atomic E-state index is 0.0736. The fourth-order valence-corrected chi connectivity index (χ4v) is 26.2. The van der Waals surface area contributed by atoms with Crippen molar-refractivity contribution in [3.63, 3.8) is 0 Å². The fraction of sp³-hybridized carbons (Fsp3) is 0.351. The van der Waals surface area contributed by atoms with Gasteiger partial charge in [-0.2, -0.15) is 0 Å². The van der Waals surface area contributed by atoms with E-state index in [2.05, 4.69) is 77.8 Å². The van der Waals surface area contributed by atoms with Gasteiger partial charge in [0.25, 0.3) is 40.1 Å². The Labute approximate surface area is 844 Å². The van der Waals surface area contributed by atoms with Gasteiger partial charge < -0.3 is 41.7 Å². The molecular weight excluding hydrogens is 1890 g/mol. The lowest BCUT2D eigenvalue weighted by atomic mass is 9.93. The summed E-state index contributed by atoms with van der Waals surface area (Å²) in [6, 6.07) is 41.4. The van der Waals surface area contributed by atoms with E-state index in [0.29, 0.717) is 44.5 Å². The summed E-state index contributed by atoms with van der Waals surface area (Å²) >= 11 is 0. The lowest BCUT2D eigenvalue weighted by Crippen LogP contribution is -2.35. The van der Waals surface area contributed by atoms with Crippen molar-refractivity contribution in [1.29, 1.82) is 0 Å². The van der Waals surface area contributed by atoms with Gasteiger partial charge in [-0.15, -0.1) is 0 Å². The van der Waals surface area contributed by atoms with Crippen LogP contribution in [-0.2, 0) is 165 Å². The molecule has 8 aliphatic rings. The lowest BCUT2D eigenvalue weighted by Gasteiger charge is -2.21. The molecule has 0 saturated carbocycles. The number of rotatable bonds is 20. The molecule has 0 aliphatic heterocycles. The number of benzene rings is 10. The third-order valence-corrected chi connectivity index (χ3v) is 34.8. The molecule has 0 bridgehead atoms. The van der Waals surface area contributed by atoms with Crippen molar-refractivity contribution in [3.8, 4) is 44.5 Å². The molecule has 144 heavy (non-hydrogen) atoms. The first kappa shape index (κ1) is 103. The van der Waals surface area contributed by atoms with E-state index in [-0.39, 0.29) is 19.6 Å². The van der Waals surface area contributed by atoms with Crippen LogP contribution in [0.3, 0.4) is 0 Å². The maximum Gasteiger partial charge on any atom is 0.333 e. The molecule has 0 fully saturated rings. The number of hydrogen-bond donors (Lipinski definition) is 12. The second-order valence-corrected chi connectivity index (χ2v) is 47.9. The fourth-order valence-electron chi connectivity index (χ4n) is 22.3. The van der Waals surface area contributed by atoms with Gasteiger partial charge in [0, 0.05) is 47.5 Å². The van der Waals surface area contributed by atoms with Gasteiger partial charge in [-0.25, -0.2) is 71.7 Å². The zero-order valence-electron chi connectivity index (χ0n) is 83.5. The number of pyridine rings is 2. The normalized spacial score (nSPS) is 14.9. The van der Waals surface area contributed by atoms with Gasteiger partial charge in [0.05, 0.1) is 42.0 Å². The standard InChI is InChI=1S/2C29H32N2O4S.2C28H31N3O4S/c2*1-18-23-11-7-13-25(23)27(26-14-8-12-24(18)26)30-28(32)31-36(34,35)22-16-20(19-9-5-4-6-10-19)15-21(17-22)29(2,3)33;2*1-17-22-6-4-8-24(22)26(25-9-5-7-23(17)25)30-27(32)31-36(34,35)21-15-19(18-10-12-29-13-11-18)14-20(16-21)28(2,3)33/h2*4-6,9-10,15-17,33H,7-8,11-14H2,1-3H3,(H2,30,31,32);2*10-16,33H,4-9H2,1-3H3,(H2,30,31,32). The zero-order valence-corrected chi connectivity index (χ0v) is 86.8. The number of amides is 8. The molecule has 0 atom stereocenters. The summed E-state index contributed by atoms with van der Waals surface area (Å²) in [6.07, 6.45) is 29.8. The average molecular weight is 2020 g/mol. The number of hydrogen-bond acceptors (Lipinski definition) is 18. The summed E-state index contributed by atoms with van der Waals surface area (Å²) in [5, 5.41) is 54.1. The Morgan fingerprint density at radius 1 is 0.236 bits per heavy atom. The molecule has 752 valence electrons. The van der Waals surface area contributed by atoms with Crippen molar-refractivity contribution < 1.29 is 73.3 Å². The lowest BCUT2D eigenvalue weighted by molar-refractivity contribution is 0.0778. The summed E-state index contributed by atoms with van der Waals surface area (Å²) in [4.78, 5) is 60.0. The smallest absolute Gasteiger partial charge is 0.333 e. The highest BCUT2D eigenvalue weighted by Gasteiger charge is 2.38. The maximum absolute atomic E-state index is 13.4. The molecule has 2 aromatic heterocycles. The van der Waals surface area contributed by atoms with Crippen molar-refractivity contribution in [2.75, 3.05) is 21.3 Å². The van der Waals surface area contributed by atoms with Crippen LogP contribution < -0.4 is 40.2 Å². The number of aromatic nitrogens is 2.